The lowest BCUT2D eigenvalue weighted by molar-refractivity contribution is 0.416. The van der Waals surface area contributed by atoms with Crippen LogP contribution in [0.1, 0.15) is 40.2 Å². The second-order valence-corrected chi connectivity index (χ2v) is 6.20. The number of anilines is 1. The molecule has 0 saturated carbocycles. The Labute approximate surface area is 117 Å². The molecule has 19 heavy (non-hydrogen) atoms. The van der Waals surface area contributed by atoms with E-state index in [1.165, 1.54) is 5.56 Å². The molecule has 2 N–H and O–H groups in total. The highest BCUT2D eigenvalue weighted by Gasteiger charge is 2.15. The molecule has 3 nitrogen and oxygen atoms in total. The van der Waals surface area contributed by atoms with Crippen molar-refractivity contribution in [2.24, 2.45) is 0 Å². The monoisotopic (exact) mass is 264 g/mol. The third-order valence-corrected chi connectivity index (χ3v) is 3.06. The summed E-state index contributed by atoms with van der Waals surface area (Å²) in [5, 5.41) is 6.84. The molecular formula is C16H28N2O. The van der Waals surface area contributed by atoms with Gasteiger partial charge < -0.3 is 15.4 Å². The van der Waals surface area contributed by atoms with E-state index < -0.39 is 0 Å². The summed E-state index contributed by atoms with van der Waals surface area (Å²) in [4.78, 5) is 0. The second kappa shape index (κ2) is 6.80. The van der Waals surface area contributed by atoms with Crippen LogP contribution in [0.3, 0.4) is 0 Å². The molecule has 0 spiro atoms. The van der Waals surface area contributed by atoms with Gasteiger partial charge in [0, 0.05) is 19.1 Å². The van der Waals surface area contributed by atoms with Gasteiger partial charge >= 0.3 is 0 Å². The van der Waals surface area contributed by atoms with Crippen molar-refractivity contribution in [1.82, 2.24) is 5.32 Å². The van der Waals surface area contributed by atoms with E-state index >= 15 is 0 Å². The van der Waals surface area contributed by atoms with Crippen LogP contribution in [0, 0.1) is 0 Å². The van der Waals surface area contributed by atoms with Crippen molar-refractivity contribution in [3.05, 3.63) is 23.8 Å². The van der Waals surface area contributed by atoms with E-state index in [0.29, 0.717) is 6.04 Å². The minimum Gasteiger partial charge on any atom is -0.495 e. The van der Waals surface area contributed by atoms with Gasteiger partial charge in [-0.25, -0.2) is 0 Å². The van der Waals surface area contributed by atoms with Crippen molar-refractivity contribution in [2.75, 3.05) is 25.5 Å². The van der Waals surface area contributed by atoms with Gasteiger partial charge in [0.15, 0.2) is 0 Å². The average Bonchev–Trinajstić information content (AvgIpc) is 2.33. The minimum atomic E-state index is 0.152. The summed E-state index contributed by atoms with van der Waals surface area (Å²) in [5.41, 5.74) is 2.53. The van der Waals surface area contributed by atoms with E-state index in [-0.39, 0.29) is 5.41 Å². The molecule has 0 aliphatic carbocycles. The first-order chi connectivity index (χ1) is 8.84. The highest BCUT2D eigenvalue weighted by atomic mass is 16.5. The van der Waals surface area contributed by atoms with Crippen LogP contribution in [-0.2, 0) is 5.41 Å². The maximum Gasteiger partial charge on any atom is 0.141 e. The summed E-state index contributed by atoms with van der Waals surface area (Å²) in [5.74, 6) is 0.901. The molecule has 1 rings (SSSR count). The second-order valence-electron chi connectivity index (χ2n) is 6.20. The Bertz CT molecular complexity index is 394. The Morgan fingerprint density at radius 3 is 2.37 bits per heavy atom. The van der Waals surface area contributed by atoms with Crippen LogP contribution < -0.4 is 15.4 Å². The van der Waals surface area contributed by atoms with Crippen LogP contribution in [-0.4, -0.2) is 26.2 Å². The smallest absolute Gasteiger partial charge is 0.141 e. The maximum absolute atomic E-state index is 5.41. The average molecular weight is 264 g/mol. The van der Waals surface area contributed by atoms with E-state index in [9.17, 15) is 0 Å². The van der Waals surface area contributed by atoms with Gasteiger partial charge in [-0.1, -0.05) is 40.7 Å². The molecule has 3 heteroatoms. The predicted octanol–water partition coefficient (Wildman–Crippen LogP) is 3.40. The molecule has 108 valence electrons. The molecular weight excluding hydrogens is 236 g/mol. The third kappa shape index (κ3) is 5.11. The van der Waals surface area contributed by atoms with Crippen molar-refractivity contribution in [1.29, 1.82) is 0 Å². The van der Waals surface area contributed by atoms with Crippen LogP contribution in [0.4, 0.5) is 5.69 Å². The van der Waals surface area contributed by atoms with Crippen LogP contribution >= 0.6 is 0 Å². The first kappa shape index (κ1) is 15.8. The molecule has 0 atom stereocenters. The number of hydrogen-bond donors (Lipinski definition) is 2. The zero-order valence-corrected chi connectivity index (χ0v) is 13.1. The lowest BCUT2D eigenvalue weighted by Crippen LogP contribution is -2.28. The van der Waals surface area contributed by atoms with Gasteiger partial charge in [0.05, 0.1) is 12.8 Å². The van der Waals surface area contributed by atoms with Gasteiger partial charge in [-0.2, -0.15) is 0 Å². The number of ether oxygens (including phenoxy) is 1. The number of rotatable bonds is 6. The molecule has 0 aliphatic rings. The molecule has 0 aliphatic heterocycles. The Kier molecular flexibility index (Phi) is 5.67. The summed E-state index contributed by atoms with van der Waals surface area (Å²) in [6.07, 6.45) is 0. The van der Waals surface area contributed by atoms with Crippen molar-refractivity contribution in [2.45, 2.75) is 46.1 Å². The van der Waals surface area contributed by atoms with Crippen LogP contribution in [0.5, 0.6) is 5.75 Å². The molecule has 0 heterocycles. The lowest BCUT2D eigenvalue weighted by atomic mass is 9.87. The summed E-state index contributed by atoms with van der Waals surface area (Å²) in [6.45, 7) is 12.8. The highest BCUT2D eigenvalue weighted by molar-refractivity contribution is 5.59. The van der Waals surface area contributed by atoms with Crippen LogP contribution in [0.2, 0.25) is 0 Å². The van der Waals surface area contributed by atoms with Crippen LogP contribution in [0.15, 0.2) is 18.2 Å². The number of nitrogens with one attached hydrogen (secondary N) is 2. The predicted molar refractivity (Wildman–Crippen MR) is 83.3 cm³/mol. The first-order valence-corrected chi connectivity index (χ1v) is 7.00. The Morgan fingerprint density at radius 1 is 1.16 bits per heavy atom. The number of hydrogen-bond acceptors (Lipinski definition) is 3. The minimum absolute atomic E-state index is 0.152. The number of benzene rings is 1. The molecule has 0 amide bonds. The van der Waals surface area contributed by atoms with Crippen LogP contribution in [0.25, 0.3) is 0 Å². The fourth-order valence-corrected chi connectivity index (χ4v) is 1.87. The molecule has 0 fully saturated rings. The Hall–Kier alpha value is -1.22. The van der Waals surface area contributed by atoms with Crippen molar-refractivity contribution < 1.29 is 4.74 Å². The van der Waals surface area contributed by atoms with E-state index in [1.54, 1.807) is 7.11 Å². The topological polar surface area (TPSA) is 33.3 Å². The van der Waals surface area contributed by atoms with E-state index in [2.05, 4.69) is 57.4 Å². The van der Waals surface area contributed by atoms with Gasteiger partial charge in [0.25, 0.3) is 0 Å². The molecule has 0 bridgehead atoms. The summed E-state index contributed by atoms with van der Waals surface area (Å²) >= 11 is 0. The zero-order chi connectivity index (χ0) is 14.5. The van der Waals surface area contributed by atoms with Crippen molar-refractivity contribution >= 4 is 5.69 Å². The quantitative estimate of drug-likeness (QED) is 0.773. The molecule has 0 aromatic heterocycles. The fraction of sp³-hybridized carbons (Fsp3) is 0.625. The normalized spacial score (nSPS) is 11.7. The van der Waals surface area contributed by atoms with E-state index in [1.807, 2.05) is 6.07 Å². The maximum atomic E-state index is 5.41. The third-order valence-electron chi connectivity index (χ3n) is 3.06. The molecule has 1 aromatic rings. The molecule has 0 saturated heterocycles. The summed E-state index contributed by atoms with van der Waals surface area (Å²) in [7, 11) is 1.71. The molecule has 0 radical (unpaired) electrons. The SMILES string of the molecule is COc1ccc(C(C)(C)C)cc1NCCNC(C)C. The Morgan fingerprint density at radius 2 is 1.84 bits per heavy atom. The van der Waals surface area contributed by atoms with Crippen molar-refractivity contribution in [3.8, 4) is 5.75 Å². The number of methoxy groups -OCH3 is 1. The summed E-state index contributed by atoms with van der Waals surface area (Å²) < 4.78 is 5.41. The molecule has 1 aromatic carbocycles. The fourth-order valence-electron chi connectivity index (χ4n) is 1.87. The Balaban J connectivity index is 2.73. The van der Waals surface area contributed by atoms with E-state index in [4.69, 9.17) is 4.74 Å². The van der Waals surface area contributed by atoms with Gasteiger partial charge in [0.2, 0.25) is 0 Å². The molecule has 0 unspecified atom stereocenters. The van der Waals surface area contributed by atoms with Gasteiger partial charge in [-0.3, -0.25) is 0 Å². The van der Waals surface area contributed by atoms with Crippen molar-refractivity contribution in [3.63, 3.8) is 0 Å². The first-order valence-electron chi connectivity index (χ1n) is 7.00. The highest BCUT2D eigenvalue weighted by Crippen LogP contribution is 2.31. The lowest BCUT2D eigenvalue weighted by Gasteiger charge is -2.21. The largest absolute Gasteiger partial charge is 0.495 e. The summed E-state index contributed by atoms with van der Waals surface area (Å²) in [6, 6.07) is 6.88. The standard InChI is InChI=1S/C16H28N2O/c1-12(2)17-9-10-18-14-11-13(16(3,4)5)7-8-15(14)19-6/h7-8,11-12,17-18H,9-10H2,1-6H3. The van der Waals surface area contributed by atoms with Gasteiger partial charge in [0.1, 0.15) is 5.75 Å². The zero-order valence-electron chi connectivity index (χ0n) is 13.1. The van der Waals surface area contributed by atoms with Gasteiger partial charge in [-0.05, 0) is 23.1 Å². The van der Waals surface area contributed by atoms with Gasteiger partial charge in [-0.15, -0.1) is 0 Å². The van der Waals surface area contributed by atoms with E-state index in [0.717, 1.165) is 24.5 Å².